The molecule has 0 bridgehead atoms. The van der Waals surface area contributed by atoms with E-state index in [1.807, 2.05) is 13.8 Å². The molecule has 0 aliphatic carbocycles. The summed E-state index contributed by atoms with van der Waals surface area (Å²) in [6.45, 7) is 8.23. The Morgan fingerprint density at radius 3 is 1.28 bits per heavy atom. The molecule has 0 amide bonds. The molecule has 2 aromatic carbocycles. The van der Waals surface area contributed by atoms with Crippen molar-refractivity contribution in [1.82, 2.24) is 0 Å². The summed E-state index contributed by atoms with van der Waals surface area (Å²) < 4.78 is 7.03. The number of rotatable bonds is 20. The minimum atomic E-state index is -0.991. The number of nitrogens with zero attached hydrogens (tertiary/aromatic N) is 2. The van der Waals surface area contributed by atoms with Crippen molar-refractivity contribution in [1.29, 1.82) is 0 Å². The van der Waals surface area contributed by atoms with Gasteiger partial charge in [0.1, 0.15) is 0 Å². The normalized spacial score (nSPS) is 14.5. The van der Waals surface area contributed by atoms with Gasteiger partial charge in [-0.1, -0.05) is 115 Å². The summed E-state index contributed by atoms with van der Waals surface area (Å²) in [6.07, 6.45) is 14.2. The van der Waals surface area contributed by atoms with Gasteiger partial charge in [0, 0.05) is 12.1 Å². The fraction of sp³-hybridized carbons (Fsp3) is 0.625. The van der Waals surface area contributed by atoms with E-state index in [1.165, 1.54) is 50.7 Å². The topological polar surface area (TPSA) is 95.5 Å². The molecule has 0 fully saturated rings. The van der Waals surface area contributed by atoms with E-state index in [2.05, 4.69) is 13.8 Å². The van der Waals surface area contributed by atoms with E-state index in [1.54, 1.807) is 36.4 Å². The zero-order chi connectivity index (χ0) is 28.7. The number of nitro groups is 2. The van der Waals surface area contributed by atoms with Crippen molar-refractivity contribution in [2.45, 2.75) is 129 Å². The molecule has 0 N–H and O–H groups in total. The smallest absolute Gasteiger partial charge is 0.275 e. The summed E-state index contributed by atoms with van der Waals surface area (Å²) in [5.41, 5.74) is -0.886. The molecule has 2 unspecified atom stereocenters. The van der Waals surface area contributed by atoms with E-state index in [4.69, 9.17) is 4.74 Å². The van der Waals surface area contributed by atoms with Gasteiger partial charge < -0.3 is 4.74 Å². The van der Waals surface area contributed by atoms with Crippen LogP contribution in [0.15, 0.2) is 48.5 Å². The highest BCUT2D eigenvalue weighted by atomic mass is 16.6. The minimum absolute atomic E-state index is 0.0236. The van der Waals surface area contributed by atoms with Gasteiger partial charge in [-0.2, -0.15) is 0 Å². The monoisotopic (exact) mass is 540 g/mol. The summed E-state index contributed by atoms with van der Waals surface area (Å²) in [5.74, 6) is 0. The van der Waals surface area contributed by atoms with Crippen LogP contribution in [0, 0.1) is 20.2 Å². The van der Waals surface area contributed by atoms with E-state index in [-0.39, 0.29) is 21.2 Å². The standard InChI is InChI=1S/C32H48N2O5/c1-5-7-9-11-13-19-25-31(3,27-21-15-17-23-29(27)33(35)36)39-32(4,26-20-14-12-10-8-6-2)28-22-16-18-24-30(28)34(37)38/h15-18,21-24H,5-14,19-20,25-26H2,1-4H3. The molecule has 7 nitrogen and oxygen atoms in total. The molecule has 0 heterocycles. The molecule has 0 radical (unpaired) electrons. The molecule has 0 aliphatic rings. The average Bonchev–Trinajstić information content (AvgIpc) is 2.92. The minimum Gasteiger partial charge on any atom is -0.359 e. The summed E-state index contributed by atoms with van der Waals surface area (Å²) in [7, 11) is 0. The fourth-order valence-electron chi connectivity index (χ4n) is 5.62. The molecule has 216 valence electrons. The van der Waals surface area contributed by atoms with Crippen molar-refractivity contribution < 1.29 is 14.6 Å². The summed E-state index contributed by atoms with van der Waals surface area (Å²) in [5, 5.41) is 24.1. The summed E-state index contributed by atoms with van der Waals surface area (Å²) >= 11 is 0. The first-order valence-electron chi connectivity index (χ1n) is 14.9. The maximum Gasteiger partial charge on any atom is 0.275 e. The van der Waals surface area contributed by atoms with E-state index in [0.717, 1.165) is 38.5 Å². The second kappa shape index (κ2) is 16.3. The first-order valence-corrected chi connectivity index (χ1v) is 14.9. The molecule has 0 saturated heterocycles. The molecule has 2 aromatic rings. The van der Waals surface area contributed by atoms with Gasteiger partial charge in [0.05, 0.1) is 32.2 Å². The molecule has 0 saturated carbocycles. The van der Waals surface area contributed by atoms with Crippen LogP contribution in [0.5, 0.6) is 0 Å². The van der Waals surface area contributed by atoms with Crippen LogP contribution in [0.3, 0.4) is 0 Å². The van der Waals surface area contributed by atoms with Crippen molar-refractivity contribution in [2.75, 3.05) is 0 Å². The van der Waals surface area contributed by atoms with E-state index < -0.39 is 11.2 Å². The van der Waals surface area contributed by atoms with Gasteiger partial charge >= 0.3 is 0 Å². The Labute approximate surface area is 234 Å². The molecule has 0 aliphatic heterocycles. The van der Waals surface area contributed by atoms with Crippen LogP contribution in [0.25, 0.3) is 0 Å². The highest BCUT2D eigenvalue weighted by Crippen LogP contribution is 2.46. The van der Waals surface area contributed by atoms with Gasteiger partial charge in [-0.25, -0.2) is 0 Å². The first kappa shape index (κ1) is 32.4. The van der Waals surface area contributed by atoms with Gasteiger partial charge in [0.2, 0.25) is 0 Å². The third-order valence-corrected chi connectivity index (χ3v) is 7.81. The number of ether oxygens (including phenoxy) is 1. The largest absolute Gasteiger partial charge is 0.359 e. The zero-order valence-electron chi connectivity index (χ0n) is 24.5. The van der Waals surface area contributed by atoms with Crippen LogP contribution in [0.4, 0.5) is 11.4 Å². The third-order valence-electron chi connectivity index (χ3n) is 7.81. The van der Waals surface area contributed by atoms with Crippen LogP contribution >= 0.6 is 0 Å². The van der Waals surface area contributed by atoms with Gasteiger partial charge in [-0.15, -0.1) is 0 Å². The Bertz CT molecular complexity index is 961. The number of benzene rings is 2. The van der Waals surface area contributed by atoms with Crippen molar-refractivity contribution in [3.63, 3.8) is 0 Å². The van der Waals surface area contributed by atoms with E-state index in [9.17, 15) is 20.2 Å². The van der Waals surface area contributed by atoms with Crippen molar-refractivity contribution in [2.24, 2.45) is 0 Å². The van der Waals surface area contributed by atoms with Crippen LogP contribution in [0.1, 0.15) is 129 Å². The van der Waals surface area contributed by atoms with Crippen LogP contribution in [0.2, 0.25) is 0 Å². The lowest BCUT2D eigenvalue weighted by Crippen LogP contribution is -2.38. The SMILES string of the molecule is CCCCCCCCC(C)(OC(C)(CCCCCCCC)c1ccccc1[N+](=O)[O-])c1ccccc1[N+](=O)[O-]. The van der Waals surface area contributed by atoms with Gasteiger partial charge in [-0.3, -0.25) is 20.2 Å². The summed E-state index contributed by atoms with van der Waals surface area (Å²) in [6, 6.07) is 13.6. The molecule has 7 heteroatoms. The number of hydrogen-bond acceptors (Lipinski definition) is 5. The second-order valence-electron chi connectivity index (χ2n) is 11.1. The molecular weight excluding hydrogens is 492 g/mol. The lowest BCUT2D eigenvalue weighted by Gasteiger charge is -2.41. The maximum absolute atomic E-state index is 12.1. The number of para-hydroxylation sites is 2. The Balaban J connectivity index is 2.47. The molecule has 2 atom stereocenters. The lowest BCUT2D eigenvalue weighted by atomic mass is 9.83. The van der Waals surface area contributed by atoms with E-state index in [0.29, 0.717) is 24.0 Å². The Hall–Kier alpha value is -2.80. The van der Waals surface area contributed by atoms with Crippen LogP contribution < -0.4 is 0 Å². The molecule has 39 heavy (non-hydrogen) atoms. The number of hydrogen-bond donors (Lipinski definition) is 0. The third kappa shape index (κ3) is 9.71. The molecular formula is C32H48N2O5. The second-order valence-corrected chi connectivity index (χ2v) is 11.1. The first-order chi connectivity index (χ1) is 18.7. The van der Waals surface area contributed by atoms with Gasteiger partial charge in [0.25, 0.3) is 11.4 Å². The van der Waals surface area contributed by atoms with Crippen molar-refractivity contribution in [3.8, 4) is 0 Å². The fourth-order valence-corrected chi connectivity index (χ4v) is 5.62. The molecule has 0 spiro atoms. The predicted octanol–water partition coefficient (Wildman–Crippen LogP) is 10.2. The lowest BCUT2D eigenvalue weighted by molar-refractivity contribution is -0.388. The zero-order valence-corrected chi connectivity index (χ0v) is 24.5. The highest BCUT2D eigenvalue weighted by molar-refractivity contribution is 5.46. The van der Waals surface area contributed by atoms with Gasteiger partial charge in [0.15, 0.2) is 0 Å². The average molecular weight is 541 g/mol. The van der Waals surface area contributed by atoms with E-state index >= 15 is 0 Å². The number of unbranched alkanes of at least 4 members (excludes halogenated alkanes) is 10. The van der Waals surface area contributed by atoms with Crippen LogP contribution in [-0.2, 0) is 15.9 Å². The van der Waals surface area contributed by atoms with Gasteiger partial charge in [-0.05, 0) is 38.8 Å². The molecule has 2 rings (SSSR count). The van der Waals surface area contributed by atoms with Crippen molar-refractivity contribution in [3.05, 3.63) is 79.9 Å². The Morgan fingerprint density at radius 2 is 0.923 bits per heavy atom. The quantitative estimate of drug-likeness (QED) is 0.0945. The van der Waals surface area contributed by atoms with Crippen molar-refractivity contribution >= 4 is 11.4 Å². The van der Waals surface area contributed by atoms with Crippen LogP contribution in [-0.4, -0.2) is 9.85 Å². The Kier molecular flexibility index (Phi) is 13.6. The number of nitro benzene ring substituents is 2. The highest BCUT2D eigenvalue weighted by Gasteiger charge is 2.43. The molecule has 0 aromatic heterocycles. The Morgan fingerprint density at radius 1 is 0.590 bits per heavy atom. The maximum atomic E-state index is 12.1. The predicted molar refractivity (Wildman–Crippen MR) is 158 cm³/mol. The summed E-state index contributed by atoms with van der Waals surface area (Å²) in [4.78, 5) is 23.4.